The fraction of sp³-hybridized carbons (Fsp3) is 0. The van der Waals surface area contributed by atoms with Crippen molar-refractivity contribution in [2.45, 2.75) is 0 Å². The SMILES string of the molecule is c1ccc(-c2c3ccccc3c(-c3ccc4c(c3)c3cccnc3n4-c3ccccc3)c3ccccc23)cc1. The lowest BCUT2D eigenvalue weighted by Gasteiger charge is -2.18. The summed E-state index contributed by atoms with van der Waals surface area (Å²) in [6.07, 6.45) is 1.88. The molecule has 8 aromatic rings. The average molecular weight is 497 g/mol. The summed E-state index contributed by atoms with van der Waals surface area (Å²) in [4.78, 5) is 4.81. The summed E-state index contributed by atoms with van der Waals surface area (Å²) < 4.78 is 2.27. The number of rotatable bonds is 3. The molecule has 0 radical (unpaired) electrons. The minimum Gasteiger partial charge on any atom is -0.294 e. The van der Waals surface area contributed by atoms with Gasteiger partial charge in [0.25, 0.3) is 0 Å². The third-order valence-corrected chi connectivity index (χ3v) is 7.82. The number of pyridine rings is 1. The Bertz CT molecular complexity index is 2100. The molecule has 2 heteroatoms. The van der Waals surface area contributed by atoms with Gasteiger partial charge in [-0.25, -0.2) is 4.98 Å². The fourth-order valence-corrected chi connectivity index (χ4v) is 6.20. The number of aromatic nitrogens is 2. The van der Waals surface area contributed by atoms with E-state index < -0.39 is 0 Å². The smallest absolute Gasteiger partial charge is 0.145 e. The maximum absolute atomic E-state index is 4.81. The molecule has 2 nitrogen and oxygen atoms in total. The normalized spacial score (nSPS) is 11.6. The van der Waals surface area contributed by atoms with Crippen LogP contribution in [0.15, 0.2) is 146 Å². The molecule has 2 heterocycles. The Labute approximate surface area is 226 Å². The van der Waals surface area contributed by atoms with Crippen LogP contribution < -0.4 is 0 Å². The van der Waals surface area contributed by atoms with E-state index in [0.717, 1.165) is 22.2 Å². The number of nitrogens with zero attached hydrogens (tertiary/aromatic N) is 2. The van der Waals surface area contributed by atoms with Crippen LogP contribution in [0.25, 0.3) is 71.4 Å². The zero-order valence-electron chi connectivity index (χ0n) is 21.3. The molecule has 0 aliphatic rings. The van der Waals surface area contributed by atoms with Crippen LogP contribution in [0, 0.1) is 0 Å². The van der Waals surface area contributed by atoms with Gasteiger partial charge in [0.1, 0.15) is 5.65 Å². The molecule has 0 amide bonds. The van der Waals surface area contributed by atoms with Gasteiger partial charge < -0.3 is 0 Å². The second-order valence-electron chi connectivity index (χ2n) is 9.98. The summed E-state index contributed by atoms with van der Waals surface area (Å²) in [7, 11) is 0. The molecule has 39 heavy (non-hydrogen) atoms. The summed E-state index contributed by atoms with van der Waals surface area (Å²) in [6, 6.07) is 50.0. The van der Waals surface area contributed by atoms with Crippen molar-refractivity contribution >= 4 is 43.5 Å². The lowest BCUT2D eigenvalue weighted by molar-refractivity contribution is 1.14. The quantitative estimate of drug-likeness (QED) is 0.223. The minimum absolute atomic E-state index is 0.977. The summed E-state index contributed by atoms with van der Waals surface area (Å²) in [5.41, 5.74) is 8.27. The van der Waals surface area contributed by atoms with E-state index in [1.807, 2.05) is 12.3 Å². The molecule has 6 aromatic carbocycles. The van der Waals surface area contributed by atoms with Crippen LogP contribution in [-0.2, 0) is 0 Å². The van der Waals surface area contributed by atoms with Gasteiger partial charge in [0, 0.05) is 22.7 Å². The lowest BCUT2D eigenvalue weighted by Crippen LogP contribution is -1.94. The van der Waals surface area contributed by atoms with Crippen molar-refractivity contribution in [3.8, 4) is 27.9 Å². The van der Waals surface area contributed by atoms with Crippen LogP contribution in [0.4, 0.5) is 0 Å². The van der Waals surface area contributed by atoms with Crippen LogP contribution in [0.3, 0.4) is 0 Å². The summed E-state index contributed by atoms with van der Waals surface area (Å²) >= 11 is 0. The van der Waals surface area contributed by atoms with Gasteiger partial charge >= 0.3 is 0 Å². The zero-order chi connectivity index (χ0) is 25.8. The van der Waals surface area contributed by atoms with Crippen LogP contribution >= 0.6 is 0 Å². The molecule has 0 unspecified atom stereocenters. The van der Waals surface area contributed by atoms with E-state index in [0.29, 0.717) is 0 Å². The highest BCUT2D eigenvalue weighted by atomic mass is 15.0. The maximum atomic E-state index is 4.81. The summed E-state index contributed by atoms with van der Waals surface area (Å²) in [6.45, 7) is 0. The number of hydrogen-bond donors (Lipinski definition) is 0. The predicted molar refractivity (Wildman–Crippen MR) is 164 cm³/mol. The first-order valence-electron chi connectivity index (χ1n) is 13.3. The van der Waals surface area contributed by atoms with Crippen LogP contribution in [0.5, 0.6) is 0 Å². The average Bonchev–Trinajstić information content (AvgIpc) is 3.34. The molecule has 0 spiro atoms. The maximum Gasteiger partial charge on any atom is 0.145 e. The monoisotopic (exact) mass is 496 g/mol. The van der Waals surface area contributed by atoms with E-state index in [4.69, 9.17) is 4.98 Å². The molecule has 8 rings (SSSR count). The molecule has 0 N–H and O–H groups in total. The Kier molecular flexibility index (Phi) is 4.86. The molecule has 0 saturated carbocycles. The number of benzene rings is 6. The van der Waals surface area contributed by atoms with Gasteiger partial charge in [0.15, 0.2) is 0 Å². The topological polar surface area (TPSA) is 17.8 Å². The number of fused-ring (bicyclic) bond motifs is 5. The molecule has 2 aromatic heterocycles. The van der Waals surface area contributed by atoms with Crippen LogP contribution in [0.1, 0.15) is 0 Å². The van der Waals surface area contributed by atoms with E-state index >= 15 is 0 Å². The van der Waals surface area contributed by atoms with Gasteiger partial charge in [-0.3, -0.25) is 4.57 Å². The van der Waals surface area contributed by atoms with Crippen molar-refractivity contribution < 1.29 is 0 Å². The second-order valence-corrected chi connectivity index (χ2v) is 9.98. The minimum atomic E-state index is 0.977. The third kappa shape index (κ3) is 3.32. The first-order valence-corrected chi connectivity index (χ1v) is 13.3. The first kappa shape index (κ1) is 21.8. The standard InChI is InChI=1S/C37H24N2/c1-3-12-25(13-4-1)35-28-16-7-9-18-30(28)36(31-19-10-8-17-29(31)35)26-21-22-34-33(24-26)32-20-11-23-38-37(32)39(34)27-14-5-2-6-15-27/h1-24H. The molecule has 0 aliphatic heterocycles. The van der Waals surface area contributed by atoms with Gasteiger partial charge in [0.2, 0.25) is 0 Å². The molecule has 0 saturated heterocycles. The van der Waals surface area contributed by atoms with Crippen molar-refractivity contribution in [2.75, 3.05) is 0 Å². The number of hydrogen-bond acceptors (Lipinski definition) is 1. The first-order chi connectivity index (χ1) is 19.4. The predicted octanol–water partition coefficient (Wildman–Crippen LogP) is 9.82. The van der Waals surface area contributed by atoms with E-state index in [2.05, 4.69) is 138 Å². The van der Waals surface area contributed by atoms with Gasteiger partial charge in [-0.05, 0) is 80.2 Å². The molecule has 0 aliphatic carbocycles. The molecule has 0 atom stereocenters. The van der Waals surface area contributed by atoms with Gasteiger partial charge in [0.05, 0.1) is 5.52 Å². The van der Waals surface area contributed by atoms with E-state index in [1.165, 1.54) is 49.2 Å². The Morgan fingerprint density at radius 2 is 0.949 bits per heavy atom. The van der Waals surface area contributed by atoms with Gasteiger partial charge in [-0.2, -0.15) is 0 Å². The Hall–Kier alpha value is -5.21. The van der Waals surface area contributed by atoms with Crippen molar-refractivity contribution in [1.82, 2.24) is 9.55 Å². The van der Waals surface area contributed by atoms with Crippen molar-refractivity contribution in [1.29, 1.82) is 0 Å². The summed E-state index contributed by atoms with van der Waals surface area (Å²) in [5, 5.41) is 7.43. The largest absolute Gasteiger partial charge is 0.294 e. The van der Waals surface area contributed by atoms with Crippen LogP contribution in [-0.4, -0.2) is 9.55 Å². The molecule has 0 fully saturated rings. The summed E-state index contributed by atoms with van der Waals surface area (Å²) in [5.74, 6) is 0. The van der Waals surface area contributed by atoms with Crippen molar-refractivity contribution in [3.05, 3.63) is 146 Å². The Morgan fingerprint density at radius 1 is 0.410 bits per heavy atom. The van der Waals surface area contributed by atoms with Crippen LogP contribution in [0.2, 0.25) is 0 Å². The Balaban J connectivity index is 1.48. The van der Waals surface area contributed by atoms with E-state index in [-0.39, 0.29) is 0 Å². The molecular weight excluding hydrogens is 472 g/mol. The highest BCUT2D eigenvalue weighted by Crippen LogP contribution is 2.44. The lowest BCUT2D eigenvalue weighted by atomic mass is 9.86. The second kappa shape index (κ2) is 8.68. The highest BCUT2D eigenvalue weighted by Gasteiger charge is 2.18. The zero-order valence-corrected chi connectivity index (χ0v) is 21.3. The molecule has 0 bridgehead atoms. The van der Waals surface area contributed by atoms with Crippen molar-refractivity contribution in [3.63, 3.8) is 0 Å². The number of para-hydroxylation sites is 1. The third-order valence-electron chi connectivity index (χ3n) is 7.82. The molecule has 182 valence electrons. The Morgan fingerprint density at radius 3 is 1.59 bits per heavy atom. The van der Waals surface area contributed by atoms with Gasteiger partial charge in [-0.1, -0.05) is 103 Å². The van der Waals surface area contributed by atoms with E-state index in [9.17, 15) is 0 Å². The highest BCUT2D eigenvalue weighted by molar-refractivity contribution is 6.22. The van der Waals surface area contributed by atoms with Gasteiger partial charge in [-0.15, -0.1) is 0 Å². The molecular formula is C37H24N2. The van der Waals surface area contributed by atoms with E-state index in [1.54, 1.807) is 0 Å². The van der Waals surface area contributed by atoms with Crippen molar-refractivity contribution in [2.24, 2.45) is 0 Å². The fourth-order valence-electron chi connectivity index (χ4n) is 6.20.